The van der Waals surface area contributed by atoms with E-state index in [4.69, 9.17) is 5.73 Å². The quantitative estimate of drug-likeness (QED) is 0.797. The van der Waals surface area contributed by atoms with Crippen LogP contribution in [0.2, 0.25) is 0 Å². The van der Waals surface area contributed by atoms with Crippen LogP contribution in [0.4, 0.5) is 5.69 Å². The van der Waals surface area contributed by atoms with Crippen LogP contribution in [0.15, 0.2) is 18.2 Å². The third kappa shape index (κ3) is 4.07. The fraction of sp³-hybridized carbons (Fsp3) is 0.529. The van der Waals surface area contributed by atoms with Gasteiger partial charge < -0.3 is 16.4 Å². The number of carbonyl (C=O) groups is 2. The van der Waals surface area contributed by atoms with Gasteiger partial charge in [0.15, 0.2) is 0 Å². The molecule has 0 aromatic heterocycles. The number of benzene rings is 1. The first-order chi connectivity index (χ1) is 10.4. The van der Waals surface area contributed by atoms with Crippen molar-refractivity contribution in [2.24, 2.45) is 11.7 Å². The normalized spacial score (nSPS) is 21.0. The molecule has 1 aromatic rings. The van der Waals surface area contributed by atoms with E-state index in [0.29, 0.717) is 11.3 Å². The summed E-state index contributed by atoms with van der Waals surface area (Å²) >= 11 is 0. The molecule has 1 aliphatic carbocycles. The number of hydrogen-bond acceptors (Lipinski definition) is 3. The first kappa shape index (κ1) is 16.5. The van der Waals surface area contributed by atoms with Crippen LogP contribution in [0, 0.1) is 12.8 Å². The number of amides is 2. The fourth-order valence-corrected chi connectivity index (χ4v) is 2.78. The molecule has 0 radical (unpaired) electrons. The van der Waals surface area contributed by atoms with Crippen LogP contribution in [0.3, 0.4) is 0 Å². The van der Waals surface area contributed by atoms with Crippen LogP contribution >= 0.6 is 0 Å². The second-order valence-corrected chi connectivity index (χ2v) is 6.42. The van der Waals surface area contributed by atoms with Gasteiger partial charge in [-0.15, -0.1) is 0 Å². The molecule has 22 heavy (non-hydrogen) atoms. The average Bonchev–Trinajstić information content (AvgIpc) is 2.87. The smallest absolute Gasteiger partial charge is 0.251 e. The van der Waals surface area contributed by atoms with Crippen molar-refractivity contribution in [3.8, 4) is 0 Å². The predicted molar refractivity (Wildman–Crippen MR) is 87.7 cm³/mol. The lowest BCUT2D eigenvalue weighted by molar-refractivity contribution is -0.119. The Morgan fingerprint density at radius 1 is 1.27 bits per heavy atom. The molecular formula is C17H25N3O2. The van der Waals surface area contributed by atoms with Crippen molar-refractivity contribution in [2.75, 3.05) is 5.32 Å². The lowest BCUT2D eigenvalue weighted by atomic mass is 10.0. The maximum atomic E-state index is 12.2. The molecular weight excluding hydrogens is 278 g/mol. The molecule has 0 heterocycles. The van der Waals surface area contributed by atoms with Crippen LogP contribution in [0.5, 0.6) is 0 Å². The van der Waals surface area contributed by atoms with E-state index in [9.17, 15) is 9.59 Å². The zero-order valence-corrected chi connectivity index (χ0v) is 13.5. The largest absolute Gasteiger partial charge is 0.350 e. The van der Waals surface area contributed by atoms with Gasteiger partial charge in [0.25, 0.3) is 5.91 Å². The predicted octanol–water partition coefficient (Wildman–Crippen LogP) is 2.20. The van der Waals surface area contributed by atoms with Gasteiger partial charge >= 0.3 is 0 Å². The zero-order chi connectivity index (χ0) is 16.3. The van der Waals surface area contributed by atoms with Gasteiger partial charge in [0, 0.05) is 29.3 Å². The molecule has 2 atom stereocenters. The Balaban J connectivity index is 2.09. The molecule has 2 unspecified atom stereocenters. The molecule has 0 spiro atoms. The summed E-state index contributed by atoms with van der Waals surface area (Å²) in [6.45, 7) is 5.72. The van der Waals surface area contributed by atoms with E-state index in [1.807, 2.05) is 32.9 Å². The summed E-state index contributed by atoms with van der Waals surface area (Å²) in [5.74, 6) is -0.150. The van der Waals surface area contributed by atoms with Crippen molar-refractivity contribution >= 4 is 17.5 Å². The Kier molecular flexibility index (Phi) is 5.19. The molecule has 1 saturated carbocycles. The number of rotatable bonds is 4. The van der Waals surface area contributed by atoms with Crippen molar-refractivity contribution in [3.63, 3.8) is 0 Å². The van der Waals surface area contributed by atoms with Crippen LogP contribution in [-0.4, -0.2) is 23.9 Å². The molecule has 4 N–H and O–H groups in total. The van der Waals surface area contributed by atoms with Gasteiger partial charge in [0.05, 0.1) is 0 Å². The first-order valence-corrected chi connectivity index (χ1v) is 7.84. The van der Waals surface area contributed by atoms with Gasteiger partial charge in [0.2, 0.25) is 5.91 Å². The third-order valence-electron chi connectivity index (χ3n) is 4.01. The highest BCUT2D eigenvalue weighted by Gasteiger charge is 2.27. The number of aryl methyl sites for hydroxylation is 1. The second-order valence-electron chi connectivity index (χ2n) is 6.42. The average molecular weight is 303 g/mol. The summed E-state index contributed by atoms with van der Waals surface area (Å²) in [7, 11) is 0. The lowest BCUT2D eigenvalue weighted by Crippen LogP contribution is -2.30. The number of nitrogens with two attached hydrogens (primary N) is 1. The van der Waals surface area contributed by atoms with Crippen LogP contribution in [-0.2, 0) is 4.79 Å². The van der Waals surface area contributed by atoms with Gasteiger partial charge in [-0.2, -0.15) is 0 Å². The Bertz CT molecular complexity index is 569. The van der Waals surface area contributed by atoms with Gasteiger partial charge in [-0.3, -0.25) is 9.59 Å². The van der Waals surface area contributed by atoms with E-state index < -0.39 is 0 Å². The van der Waals surface area contributed by atoms with Crippen LogP contribution < -0.4 is 16.4 Å². The Morgan fingerprint density at radius 2 is 2.00 bits per heavy atom. The van der Waals surface area contributed by atoms with E-state index in [1.165, 1.54) is 0 Å². The first-order valence-electron chi connectivity index (χ1n) is 7.84. The van der Waals surface area contributed by atoms with E-state index in [2.05, 4.69) is 10.6 Å². The zero-order valence-electron chi connectivity index (χ0n) is 13.5. The Morgan fingerprint density at radius 3 is 2.59 bits per heavy atom. The molecule has 1 aromatic carbocycles. The fourth-order valence-electron chi connectivity index (χ4n) is 2.78. The summed E-state index contributed by atoms with van der Waals surface area (Å²) in [6, 6.07) is 5.62. The van der Waals surface area contributed by atoms with Gasteiger partial charge in [-0.1, -0.05) is 6.07 Å². The monoisotopic (exact) mass is 303 g/mol. The standard InChI is InChI=1S/C17H25N3O2/c1-10(2)19-17(22)15-9-14(7-4-11(15)3)20-16(21)12-5-6-13(18)8-12/h4,7,9-10,12-13H,5-6,8,18H2,1-3H3,(H,19,22)(H,20,21). The highest BCUT2D eigenvalue weighted by atomic mass is 16.2. The van der Waals surface area contributed by atoms with E-state index in [-0.39, 0.29) is 29.8 Å². The minimum Gasteiger partial charge on any atom is -0.350 e. The lowest BCUT2D eigenvalue weighted by Gasteiger charge is -2.14. The van der Waals surface area contributed by atoms with Crippen molar-refractivity contribution in [2.45, 2.75) is 52.1 Å². The summed E-state index contributed by atoms with van der Waals surface area (Å²) in [5.41, 5.74) is 7.99. The molecule has 0 bridgehead atoms. The molecule has 2 rings (SSSR count). The van der Waals surface area contributed by atoms with E-state index >= 15 is 0 Å². The summed E-state index contributed by atoms with van der Waals surface area (Å²) < 4.78 is 0. The third-order valence-corrected chi connectivity index (χ3v) is 4.01. The Hall–Kier alpha value is -1.88. The van der Waals surface area contributed by atoms with Crippen molar-refractivity contribution in [1.82, 2.24) is 5.32 Å². The minimum absolute atomic E-state index is 0.00739. The number of carbonyl (C=O) groups excluding carboxylic acids is 2. The maximum absolute atomic E-state index is 12.2. The molecule has 0 aliphatic heterocycles. The van der Waals surface area contributed by atoms with Gasteiger partial charge in [0.1, 0.15) is 0 Å². The van der Waals surface area contributed by atoms with Crippen molar-refractivity contribution in [1.29, 1.82) is 0 Å². The van der Waals surface area contributed by atoms with Gasteiger partial charge in [-0.25, -0.2) is 0 Å². The summed E-state index contributed by atoms with van der Waals surface area (Å²) in [5, 5.41) is 5.78. The number of hydrogen-bond donors (Lipinski definition) is 3. The molecule has 2 amide bonds. The maximum Gasteiger partial charge on any atom is 0.251 e. The second kappa shape index (κ2) is 6.92. The molecule has 5 nitrogen and oxygen atoms in total. The molecule has 1 aliphatic rings. The van der Waals surface area contributed by atoms with Crippen molar-refractivity contribution in [3.05, 3.63) is 29.3 Å². The molecule has 120 valence electrons. The van der Waals surface area contributed by atoms with E-state index in [0.717, 1.165) is 24.8 Å². The Labute approximate surface area is 131 Å². The topological polar surface area (TPSA) is 84.2 Å². The SMILES string of the molecule is Cc1ccc(NC(=O)C2CCC(N)C2)cc1C(=O)NC(C)C. The summed E-state index contributed by atoms with van der Waals surface area (Å²) in [4.78, 5) is 24.4. The number of nitrogens with one attached hydrogen (secondary N) is 2. The summed E-state index contributed by atoms with van der Waals surface area (Å²) in [6.07, 6.45) is 2.46. The molecule has 1 fully saturated rings. The van der Waals surface area contributed by atoms with Crippen molar-refractivity contribution < 1.29 is 9.59 Å². The van der Waals surface area contributed by atoms with Crippen LogP contribution in [0.25, 0.3) is 0 Å². The number of anilines is 1. The highest BCUT2D eigenvalue weighted by Crippen LogP contribution is 2.26. The van der Waals surface area contributed by atoms with Gasteiger partial charge in [-0.05, 0) is 57.7 Å². The van der Waals surface area contributed by atoms with Crippen LogP contribution in [0.1, 0.15) is 49.0 Å². The molecule has 5 heteroatoms. The molecule has 0 saturated heterocycles. The van der Waals surface area contributed by atoms with E-state index in [1.54, 1.807) is 6.07 Å². The highest BCUT2D eigenvalue weighted by molar-refractivity contribution is 5.98. The minimum atomic E-state index is -0.119.